The van der Waals surface area contributed by atoms with Crippen molar-refractivity contribution in [3.8, 4) is 0 Å². The molecule has 1 aromatic heterocycles. The second-order valence-electron chi connectivity index (χ2n) is 5.18. The summed E-state index contributed by atoms with van der Waals surface area (Å²) in [5, 5.41) is 4.65. The minimum absolute atomic E-state index is 0.926. The van der Waals surface area contributed by atoms with Crippen LogP contribution >= 0.6 is 0 Å². The predicted octanol–water partition coefficient (Wildman–Crippen LogP) is 3.17. The molecule has 1 heterocycles. The standard InChI is InChI=1S/C14H25N3/c1-3-12-14(15)13(4-2)17(16-12)10-9-11-7-5-6-8-11/h11H,3-10,15H2,1-2H3. The van der Waals surface area contributed by atoms with Crippen molar-refractivity contribution in [3.05, 3.63) is 11.4 Å². The SMILES string of the molecule is CCc1nn(CCC2CCCC2)c(CC)c1N. The highest BCUT2D eigenvalue weighted by Gasteiger charge is 2.17. The Morgan fingerprint density at radius 3 is 2.53 bits per heavy atom. The van der Waals surface area contributed by atoms with Gasteiger partial charge in [-0.3, -0.25) is 4.68 Å². The fourth-order valence-corrected chi connectivity index (χ4v) is 2.99. The van der Waals surface area contributed by atoms with Gasteiger partial charge in [0.15, 0.2) is 0 Å². The van der Waals surface area contributed by atoms with Gasteiger partial charge in [0, 0.05) is 6.54 Å². The summed E-state index contributed by atoms with van der Waals surface area (Å²) in [6.45, 7) is 5.34. The van der Waals surface area contributed by atoms with Crippen molar-refractivity contribution in [1.29, 1.82) is 0 Å². The highest BCUT2D eigenvalue weighted by molar-refractivity contribution is 5.48. The quantitative estimate of drug-likeness (QED) is 0.852. The lowest BCUT2D eigenvalue weighted by molar-refractivity contribution is 0.432. The molecule has 0 atom stereocenters. The van der Waals surface area contributed by atoms with Gasteiger partial charge in [-0.05, 0) is 25.2 Å². The van der Waals surface area contributed by atoms with E-state index in [1.807, 2.05) is 0 Å². The van der Waals surface area contributed by atoms with Crippen LogP contribution in [0.25, 0.3) is 0 Å². The van der Waals surface area contributed by atoms with Gasteiger partial charge >= 0.3 is 0 Å². The van der Waals surface area contributed by atoms with Crippen molar-refractivity contribution < 1.29 is 0 Å². The monoisotopic (exact) mass is 235 g/mol. The average molecular weight is 235 g/mol. The van der Waals surface area contributed by atoms with Gasteiger partial charge in [0.1, 0.15) is 0 Å². The third kappa shape index (κ3) is 2.64. The number of rotatable bonds is 5. The van der Waals surface area contributed by atoms with Gasteiger partial charge in [0.25, 0.3) is 0 Å². The van der Waals surface area contributed by atoms with Crippen molar-refractivity contribution >= 4 is 5.69 Å². The lowest BCUT2D eigenvalue weighted by atomic mass is 10.0. The van der Waals surface area contributed by atoms with Gasteiger partial charge in [-0.25, -0.2) is 0 Å². The van der Waals surface area contributed by atoms with Crippen LogP contribution in [0.3, 0.4) is 0 Å². The maximum atomic E-state index is 6.13. The first kappa shape index (κ1) is 12.5. The number of nitrogen functional groups attached to an aromatic ring is 1. The summed E-state index contributed by atoms with van der Waals surface area (Å²) in [6.07, 6.45) is 8.88. The van der Waals surface area contributed by atoms with Gasteiger partial charge in [0.2, 0.25) is 0 Å². The minimum Gasteiger partial charge on any atom is -0.396 e. The molecule has 0 aliphatic heterocycles. The molecule has 2 N–H and O–H groups in total. The number of nitrogens with zero attached hydrogens (tertiary/aromatic N) is 2. The molecule has 96 valence electrons. The van der Waals surface area contributed by atoms with Crippen LogP contribution in [0, 0.1) is 5.92 Å². The van der Waals surface area contributed by atoms with Crippen molar-refractivity contribution in [2.75, 3.05) is 5.73 Å². The molecule has 1 aliphatic carbocycles. The Labute approximate surface area is 104 Å². The molecule has 0 bridgehead atoms. The Balaban J connectivity index is 2.03. The van der Waals surface area contributed by atoms with E-state index < -0.39 is 0 Å². The highest BCUT2D eigenvalue weighted by Crippen LogP contribution is 2.28. The van der Waals surface area contributed by atoms with Gasteiger partial charge in [0.05, 0.1) is 17.1 Å². The van der Waals surface area contributed by atoms with E-state index in [1.165, 1.54) is 37.8 Å². The molecule has 0 saturated heterocycles. The van der Waals surface area contributed by atoms with Crippen molar-refractivity contribution in [1.82, 2.24) is 9.78 Å². The second-order valence-corrected chi connectivity index (χ2v) is 5.18. The summed E-state index contributed by atoms with van der Waals surface area (Å²) in [6, 6.07) is 0. The van der Waals surface area contributed by atoms with E-state index in [4.69, 9.17) is 5.73 Å². The van der Waals surface area contributed by atoms with Gasteiger partial charge < -0.3 is 5.73 Å². The lowest BCUT2D eigenvalue weighted by Crippen LogP contribution is -2.08. The summed E-state index contributed by atoms with van der Waals surface area (Å²) in [5.41, 5.74) is 9.37. The molecule has 3 nitrogen and oxygen atoms in total. The van der Waals surface area contributed by atoms with E-state index in [-0.39, 0.29) is 0 Å². The lowest BCUT2D eigenvalue weighted by Gasteiger charge is -2.10. The van der Waals surface area contributed by atoms with Crippen LogP contribution in [0.5, 0.6) is 0 Å². The van der Waals surface area contributed by atoms with Gasteiger partial charge in [-0.2, -0.15) is 5.10 Å². The van der Waals surface area contributed by atoms with E-state index in [0.717, 1.165) is 36.7 Å². The third-order valence-electron chi connectivity index (χ3n) is 4.07. The summed E-state index contributed by atoms with van der Waals surface area (Å²) in [7, 11) is 0. The van der Waals surface area contributed by atoms with Crippen LogP contribution in [0.4, 0.5) is 5.69 Å². The van der Waals surface area contributed by atoms with Crippen LogP contribution < -0.4 is 5.73 Å². The Morgan fingerprint density at radius 1 is 1.24 bits per heavy atom. The molecule has 0 aromatic carbocycles. The highest BCUT2D eigenvalue weighted by atomic mass is 15.3. The van der Waals surface area contributed by atoms with Crippen molar-refractivity contribution in [2.45, 2.75) is 65.3 Å². The number of hydrogen-bond acceptors (Lipinski definition) is 2. The molecule has 0 radical (unpaired) electrons. The molecular formula is C14H25N3. The Hall–Kier alpha value is -0.990. The Morgan fingerprint density at radius 2 is 1.94 bits per heavy atom. The molecule has 17 heavy (non-hydrogen) atoms. The van der Waals surface area contributed by atoms with Gasteiger partial charge in [-0.1, -0.05) is 39.5 Å². The maximum absolute atomic E-state index is 6.13. The second kappa shape index (κ2) is 5.56. The largest absolute Gasteiger partial charge is 0.396 e. The van der Waals surface area contributed by atoms with Crippen LogP contribution in [-0.2, 0) is 19.4 Å². The molecule has 1 aliphatic rings. The zero-order valence-corrected chi connectivity index (χ0v) is 11.2. The molecule has 1 saturated carbocycles. The summed E-state index contributed by atoms with van der Waals surface area (Å²) >= 11 is 0. The summed E-state index contributed by atoms with van der Waals surface area (Å²) in [5.74, 6) is 0.926. The number of nitrogens with two attached hydrogens (primary N) is 1. The fourth-order valence-electron chi connectivity index (χ4n) is 2.99. The van der Waals surface area contributed by atoms with Crippen LogP contribution in [0.15, 0.2) is 0 Å². The van der Waals surface area contributed by atoms with Crippen LogP contribution in [0.1, 0.15) is 57.3 Å². The Kier molecular flexibility index (Phi) is 4.08. The number of anilines is 1. The summed E-state index contributed by atoms with van der Waals surface area (Å²) < 4.78 is 2.16. The van der Waals surface area contributed by atoms with E-state index >= 15 is 0 Å². The normalized spacial score (nSPS) is 16.8. The van der Waals surface area contributed by atoms with Crippen molar-refractivity contribution in [2.24, 2.45) is 5.92 Å². The maximum Gasteiger partial charge on any atom is 0.0854 e. The summed E-state index contributed by atoms with van der Waals surface area (Å²) in [4.78, 5) is 0. The predicted molar refractivity (Wildman–Crippen MR) is 72.0 cm³/mol. The molecule has 1 fully saturated rings. The molecule has 2 rings (SSSR count). The minimum atomic E-state index is 0.926. The van der Waals surface area contributed by atoms with E-state index in [2.05, 4.69) is 23.6 Å². The van der Waals surface area contributed by atoms with E-state index in [9.17, 15) is 0 Å². The van der Waals surface area contributed by atoms with Crippen LogP contribution in [-0.4, -0.2) is 9.78 Å². The first-order valence-corrected chi connectivity index (χ1v) is 7.10. The van der Waals surface area contributed by atoms with Crippen LogP contribution in [0.2, 0.25) is 0 Å². The fraction of sp³-hybridized carbons (Fsp3) is 0.786. The number of aromatic nitrogens is 2. The molecule has 0 amide bonds. The molecular weight excluding hydrogens is 210 g/mol. The molecule has 0 unspecified atom stereocenters. The topological polar surface area (TPSA) is 43.8 Å². The van der Waals surface area contributed by atoms with Crippen molar-refractivity contribution in [3.63, 3.8) is 0 Å². The Bertz CT molecular complexity index is 362. The average Bonchev–Trinajstić information content (AvgIpc) is 2.94. The molecule has 3 heteroatoms. The zero-order chi connectivity index (χ0) is 12.3. The number of hydrogen-bond donors (Lipinski definition) is 1. The van der Waals surface area contributed by atoms with Gasteiger partial charge in [-0.15, -0.1) is 0 Å². The first-order chi connectivity index (χ1) is 8.26. The first-order valence-electron chi connectivity index (χ1n) is 7.10. The molecule has 0 spiro atoms. The third-order valence-corrected chi connectivity index (χ3v) is 4.07. The van der Waals surface area contributed by atoms with E-state index in [0.29, 0.717) is 0 Å². The van der Waals surface area contributed by atoms with E-state index in [1.54, 1.807) is 0 Å². The zero-order valence-electron chi connectivity index (χ0n) is 11.2. The number of aryl methyl sites for hydroxylation is 2. The molecule has 1 aromatic rings. The smallest absolute Gasteiger partial charge is 0.0854 e.